The molecule has 36 heavy (non-hydrogen) atoms. The SMILES string of the molecule is COc1ccc(NC(=O)CN(c2ccc(OC(C)C)cc2)S(C)(=O)=O)cc1S(=O)(=O)N1CCOCC1. The van der Waals surface area contributed by atoms with E-state index in [0.717, 1.165) is 10.6 Å². The Hall–Kier alpha value is -2.87. The van der Waals surface area contributed by atoms with Gasteiger partial charge in [0.25, 0.3) is 0 Å². The molecule has 0 unspecified atom stereocenters. The number of anilines is 2. The van der Waals surface area contributed by atoms with Crippen LogP contribution in [0.25, 0.3) is 0 Å². The molecule has 1 aliphatic heterocycles. The number of carbonyl (C=O) groups excluding carboxylic acids is 1. The van der Waals surface area contributed by atoms with Crippen LogP contribution in [0.5, 0.6) is 11.5 Å². The van der Waals surface area contributed by atoms with Crippen molar-refractivity contribution in [3.8, 4) is 11.5 Å². The molecule has 1 saturated heterocycles. The quantitative estimate of drug-likeness (QED) is 0.483. The van der Waals surface area contributed by atoms with Crippen molar-refractivity contribution in [2.75, 3.05) is 55.8 Å². The number of hydrogen-bond acceptors (Lipinski definition) is 8. The number of morpholine rings is 1. The van der Waals surface area contributed by atoms with E-state index in [-0.39, 0.29) is 54.4 Å². The van der Waals surface area contributed by atoms with Gasteiger partial charge < -0.3 is 19.5 Å². The number of ether oxygens (including phenoxy) is 3. The van der Waals surface area contributed by atoms with Crippen molar-refractivity contribution < 1.29 is 35.8 Å². The predicted molar refractivity (Wildman–Crippen MR) is 136 cm³/mol. The van der Waals surface area contributed by atoms with E-state index in [9.17, 15) is 21.6 Å². The Morgan fingerprint density at radius 3 is 2.28 bits per heavy atom. The van der Waals surface area contributed by atoms with E-state index < -0.39 is 32.5 Å². The van der Waals surface area contributed by atoms with Gasteiger partial charge in [-0.3, -0.25) is 9.10 Å². The van der Waals surface area contributed by atoms with Gasteiger partial charge in [0.15, 0.2) is 0 Å². The lowest BCUT2D eigenvalue weighted by Crippen LogP contribution is -2.40. The second-order valence-corrected chi connectivity index (χ2v) is 12.2. The van der Waals surface area contributed by atoms with E-state index in [2.05, 4.69) is 5.32 Å². The molecule has 0 aromatic heterocycles. The van der Waals surface area contributed by atoms with Crippen LogP contribution in [-0.4, -0.2) is 79.4 Å². The maximum absolute atomic E-state index is 13.2. The van der Waals surface area contributed by atoms with Crippen LogP contribution in [0.4, 0.5) is 11.4 Å². The number of nitrogens with zero attached hydrogens (tertiary/aromatic N) is 2. The summed E-state index contributed by atoms with van der Waals surface area (Å²) < 4.78 is 69.5. The van der Waals surface area contributed by atoms with Crippen LogP contribution in [0.2, 0.25) is 0 Å². The predicted octanol–water partition coefficient (Wildman–Crippen LogP) is 1.91. The summed E-state index contributed by atoms with van der Waals surface area (Å²) in [4.78, 5) is 12.7. The number of amides is 1. The van der Waals surface area contributed by atoms with Crippen molar-refractivity contribution in [1.82, 2.24) is 4.31 Å². The highest BCUT2D eigenvalue weighted by atomic mass is 32.2. The number of nitrogens with one attached hydrogen (secondary N) is 1. The molecule has 1 fully saturated rings. The molecule has 198 valence electrons. The largest absolute Gasteiger partial charge is 0.495 e. The first-order valence-electron chi connectivity index (χ1n) is 11.2. The van der Waals surface area contributed by atoms with Crippen LogP contribution < -0.4 is 19.1 Å². The minimum absolute atomic E-state index is 0.0471. The third kappa shape index (κ3) is 6.87. The molecule has 1 aliphatic rings. The Labute approximate surface area is 212 Å². The molecule has 1 N–H and O–H groups in total. The molecule has 13 heteroatoms. The van der Waals surface area contributed by atoms with E-state index >= 15 is 0 Å². The van der Waals surface area contributed by atoms with Gasteiger partial charge >= 0.3 is 0 Å². The molecule has 1 heterocycles. The van der Waals surface area contributed by atoms with Crippen LogP contribution in [0.15, 0.2) is 47.4 Å². The van der Waals surface area contributed by atoms with E-state index in [0.29, 0.717) is 5.75 Å². The Morgan fingerprint density at radius 1 is 1.08 bits per heavy atom. The summed E-state index contributed by atoms with van der Waals surface area (Å²) in [7, 11) is -6.35. The van der Waals surface area contributed by atoms with Crippen LogP contribution in [0.3, 0.4) is 0 Å². The molecule has 3 rings (SSSR count). The number of carbonyl (C=O) groups is 1. The molecule has 0 atom stereocenters. The van der Waals surface area contributed by atoms with Gasteiger partial charge in [0.2, 0.25) is 26.0 Å². The van der Waals surface area contributed by atoms with Gasteiger partial charge in [-0.2, -0.15) is 4.31 Å². The molecular weight excluding hydrogens is 510 g/mol. The number of benzene rings is 2. The molecule has 0 saturated carbocycles. The van der Waals surface area contributed by atoms with Crippen molar-refractivity contribution >= 4 is 37.3 Å². The smallest absolute Gasteiger partial charge is 0.246 e. The lowest BCUT2D eigenvalue weighted by atomic mass is 10.3. The maximum Gasteiger partial charge on any atom is 0.246 e. The highest BCUT2D eigenvalue weighted by Gasteiger charge is 2.30. The molecule has 0 spiro atoms. The summed E-state index contributed by atoms with van der Waals surface area (Å²) >= 11 is 0. The molecule has 0 bridgehead atoms. The van der Waals surface area contributed by atoms with Gasteiger partial charge in [0, 0.05) is 18.8 Å². The summed E-state index contributed by atoms with van der Waals surface area (Å²) in [6.45, 7) is 4.20. The van der Waals surface area contributed by atoms with Gasteiger partial charge in [-0.1, -0.05) is 0 Å². The molecule has 0 radical (unpaired) electrons. The first kappa shape index (κ1) is 27.7. The second kappa shape index (κ2) is 11.5. The van der Waals surface area contributed by atoms with Gasteiger partial charge in [-0.15, -0.1) is 0 Å². The fourth-order valence-electron chi connectivity index (χ4n) is 3.58. The highest BCUT2D eigenvalue weighted by molar-refractivity contribution is 7.92. The van der Waals surface area contributed by atoms with Crippen molar-refractivity contribution in [3.05, 3.63) is 42.5 Å². The Balaban J connectivity index is 1.81. The van der Waals surface area contributed by atoms with E-state index in [1.165, 1.54) is 29.6 Å². The third-order valence-corrected chi connectivity index (χ3v) is 8.28. The van der Waals surface area contributed by atoms with Gasteiger partial charge in [-0.25, -0.2) is 16.8 Å². The van der Waals surface area contributed by atoms with Gasteiger partial charge in [0.05, 0.1) is 38.4 Å². The summed E-state index contributed by atoms with van der Waals surface area (Å²) in [6, 6.07) is 10.6. The third-order valence-electron chi connectivity index (χ3n) is 5.22. The maximum atomic E-state index is 13.2. The second-order valence-electron chi connectivity index (χ2n) is 8.36. The zero-order valence-corrected chi connectivity index (χ0v) is 22.3. The lowest BCUT2D eigenvalue weighted by molar-refractivity contribution is -0.114. The number of sulfonamides is 2. The number of hydrogen-bond donors (Lipinski definition) is 1. The zero-order chi connectivity index (χ0) is 26.5. The number of rotatable bonds is 10. The van der Waals surface area contributed by atoms with Crippen LogP contribution in [-0.2, 0) is 29.6 Å². The van der Waals surface area contributed by atoms with Crippen LogP contribution in [0.1, 0.15) is 13.8 Å². The van der Waals surface area contributed by atoms with E-state index in [4.69, 9.17) is 14.2 Å². The van der Waals surface area contributed by atoms with Gasteiger partial charge in [-0.05, 0) is 56.3 Å². The van der Waals surface area contributed by atoms with Crippen molar-refractivity contribution in [1.29, 1.82) is 0 Å². The summed E-state index contributed by atoms with van der Waals surface area (Å²) in [5.74, 6) is 0.0441. The molecular formula is C23H31N3O8S2. The van der Waals surface area contributed by atoms with E-state index in [1.54, 1.807) is 24.3 Å². The van der Waals surface area contributed by atoms with Gasteiger partial charge in [0.1, 0.15) is 22.9 Å². The Kier molecular flexibility index (Phi) is 8.82. The average molecular weight is 542 g/mol. The average Bonchev–Trinajstić information content (AvgIpc) is 2.82. The van der Waals surface area contributed by atoms with Crippen molar-refractivity contribution in [2.24, 2.45) is 0 Å². The minimum Gasteiger partial charge on any atom is -0.495 e. The Morgan fingerprint density at radius 2 is 1.72 bits per heavy atom. The monoisotopic (exact) mass is 541 g/mol. The zero-order valence-electron chi connectivity index (χ0n) is 20.6. The summed E-state index contributed by atoms with van der Waals surface area (Å²) in [5.41, 5.74) is 0.468. The molecule has 0 aliphatic carbocycles. The van der Waals surface area contributed by atoms with Crippen LogP contribution >= 0.6 is 0 Å². The van der Waals surface area contributed by atoms with Crippen LogP contribution in [0, 0.1) is 0 Å². The Bertz CT molecular complexity index is 1270. The first-order valence-corrected chi connectivity index (χ1v) is 14.5. The fraction of sp³-hybridized carbons (Fsp3) is 0.435. The summed E-state index contributed by atoms with van der Waals surface area (Å²) in [5, 5.41) is 2.59. The lowest BCUT2D eigenvalue weighted by Gasteiger charge is -2.27. The first-order chi connectivity index (χ1) is 16.9. The normalized spacial score (nSPS) is 14.9. The van der Waals surface area contributed by atoms with Crippen molar-refractivity contribution in [3.63, 3.8) is 0 Å². The topological polar surface area (TPSA) is 132 Å². The summed E-state index contributed by atoms with van der Waals surface area (Å²) in [6.07, 6.45) is 0.952. The van der Waals surface area contributed by atoms with E-state index in [1.807, 2.05) is 13.8 Å². The molecule has 2 aromatic carbocycles. The minimum atomic E-state index is -3.91. The number of methoxy groups -OCH3 is 1. The molecule has 11 nitrogen and oxygen atoms in total. The highest BCUT2D eigenvalue weighted by Crippen LogP contribution is 2.30. The van der Waals surface area contributed by atoms with Crippen molar-refractivity contribution in [2.45, 2.75) is 24.8 Å². The fourth-order valence-corrected chi connectivity index (χ4v) is 6.02. The molecule has 2 aromatic rings. The molecule has 1 amide bonds. The standard InChI is InChI=1S/C23H31N3O8S2/c1-17(2)34-20-8-6-19(7-9-20)26(35(4,28)29)16-23(27)24-18-5-10-21(32-3)22(15-18)36(30,31)25-11-13-33-14-12-25/h5-10,15,17H,11-14,16H2,1-4H3,(H,24,27).